The highest BCUT2D eigenvalue weighted by molar-refractivity contribution is 5.49. The average Bonchev–Trinajstić information content (AvgIpc) is 2.14. The van der Waals surface area contributed by atoms with Gasteiger partial charge in [-0.05, 0) is 39.7 Å². The van der Waals surface area contributed by atoms with Gasteiger partial charge in [0.2, 0.25) is 0 Å². The fourth-order valence-electron chi connectivity index (χ4n) is 1.92. The second-order valence-corrected chi connectivity index (χ2v) is 6.68. The topological polar surface area (TPSA) is 40.1 Å². The molecule has 1 rings (SSSR count). The van der Waals surface area contributed by atoms with Crippen molar-refractivity contribution in [3.63, 3.8) is 0 Å². The van der Waals surface area contributed by atoms with Crippen LogP contribution in [0.15, 0.2) is 12.1 Å². The molecular formula is C15H23O2. The van der Waals surface area contributed by atoms with Crippen molar-refractivity contribution in [1.82, 2.24) is 0 Å². The Hall–Kier alpha value is -1.02. The van der Waals surface area contributed by atoms with Crippen molar-refractivity contribution in [2.75, 3.05) is 0 Å². The Kier molecular flexibility index (Phi) is 3.58. The number of phenolic OH excluding ortho intramolecular Hbond substituents is 1. The summed E-state index contributed by atoms with van der Waals surface area (Å²) in [5, 5.41) is 21.5. The fourth-order valence-corrected chi connectivity index (χ4v) is 1.92. The first-order valence-electron chi connectivity index (χ1n) is 6.02. The van der Waals surface area contributed by atoms with Gasteiger partial charge in [-0.15, -0.1) is 0 Å². The minimum absolute atomic E-state index is 0.157. The standard InChI is InChI=1S/C15H23O2/c1-14(2,3)11-7-10(9-16)8-12(13(11)17)15(4,5)6/h7-8,17H,9H2,1-6H3. The predicted octanol–water partition coefficient (Wildman–Crippen LogP) is 3.92. The van der Waals surface area contributed by atoms with Crippen LogP contribution in [-0.4, -0.2) is 5.11 Å². The molecule has 95 valence electrons. The van der Waals surface area contributed by atoms with Crippen LogP contribution in [0, 0.1) is 0 Å². The number of benzene rings is 1. The molecule has 0 bridgehead atoms. The van der Waals surface area contributed by atoms with E-state index in [1.807, 2.05) is 53.7 Å². The molecule has 0 saturated carbocycles. The first-order chi connectivity index (χ1) is 7.57. The normalized spacial score (nSPS) is 12.9. The van der Waals surface area contributed by atoms with Gasteiger partial charge in [-0.1, -0.05) is 41.5 Å². The molecular weight excluding hydrogens is 212 g/mol. The first kappa shape index (κ1) is 14.0. The summed E-state index contributed by atoms with van der Waals surface area (Å²) in [6.45, 7) is 12.0. The van der Waals surface area contributed by atoms with E-state index in [1.54, 1.807) is 0 Å². The lowest BCUT2D eigenvalue weighted by atomic mass is 9.78. The Bertz CT molecular complexity index is 371. The summed E-state index contributed by atoms with van der Waals surface area (Å²) in [5.74, 6) is 0.335. The Balaban J connectivity index is 3.53. The van der Waals surface area contributed by atoms with Crippen LogP contribution in [0.25, 0.3) is 0 Å². The minimum Gasteiger partial charge on any atom is -0.507 e. The number of rotatable bonds is 1. The Morgan fingerprint density at radius 2 is 1.29 bits per heavy atom. The second-order valence-electron chi connectivity index (χ2n) is 6.68. The van der Waals surface area contributed by atoms with E-state index in [4.69, 9.17) is 0 Å². The van der Waals surface area contributed by atoms with E-state index in [9.17, 15) is 10.2 Å². The molecule has 1 radical (unpaired) electrons. The van der Waals surface area contributed by atoms with Gasteiger partial charge in [0.15, 0.2) is 0 Å². The molecule has 0 amide bonds. The monoisotopic (exact) mass is 235 g/mol. The number of aromatic hydroxyl groups is 1. The average molecular weight is 235 g/mol. The number of hydrogen-bond donors (Lipinski definition) is 1. The number of hydrogen-bond acceptors (Lipinski definition) is 1. The highest BCUT2D eigenvalue weighted by Gasteiger charge is 2.26. The van der Waals surface area contributed by atoms with Crippen molar-refractivity contribution in [3.05, 3.63) is 28.8 Å². The molecule has 2 nitrogen and oxygen atoms in total. The van der Waals surface area contributed by atoms with Gasteiger partial charge in [0.25, 0.3) is 0 Å². The zero-order chi connectivity index (χ0) is 13.4. The maximum absolute atomic E-state index is 11.1. The molecule has 1 aromatic carbocycles. The van der Waals surface area contributed by atoms with Crippen molar-refractivity contribution in [3.8, 4) is 5.75 Å². The van der Waals surface area contributed by atoms with E-state index in [1.165, 1.54) is 0 Å². The number of phenols is 1. The highest BCUT2D eigenvalue weighted by atomic mass is 16.3. The molecule has 0 atom stereocenters. The summed E-state index contributed by atoms with van der Waals surface area (Å²) >= 11 is 0. The largest absolute Gasteiger partial charge is 0.507 e. The van der Waals surface area contributed by atoms with Crippen molar-refractivity contribution in [1.29, 1.82) is 0 Å². The van der Waals surface area contributed by atoms with Gasteiger partial charge >= 0.3 is 0 Å². The maximum Gasteiger partial charge on any atom is 0.123 e. The summed E-state index contributed by atoms with van der Waals surface area (Å²) in [5.41, 5.74) is 2.15. The van der Waals surface area contributed by atoms with Crippen LogP contribution in [-0.2, 0) is 22.5 Å². The molecule has 1 N–H and O–H groups in total. The molecule has 2 heteroatoms. The molecule has 0 spiro atoms. The lowest BCUT2D eigenvalue weighted by Crippen LogP contribution is -2.17. The quantitative estimate of drug-likeness (QED) is 0.787. The molecule has 1 aromatic rings. The van der Waals surface area contributed by atoms with Crippen molar-refractivity contribution < 1.29 is 10.2 Å². The molecule has 0 aliphatic carbocycles. The summed E-state index contributed by atoms with van der Waals surface area (Å²) < 4.78 is 0. The second kappa shape index (κ2) is 4.34. The van der Waals surface area contributed by atoms with Gasteiger partial charge in [-0.2, -0.15) is 0 Å². The minimum atomic E-state index is -0.244. The molecule has 0 aliphatic heterocycles. The van der Waals surface area contributed by atoms with Crippen molar-refractivity contribution in [2.24, 2.45) is 0 Å². The van der Waals surface area contributed by atoms with Gasteiger partial charge in [0.1, 0.15) is 12.4 Å². The molecule has 0 heterocycles. The molecule has 0 aliphatic rings. The summed E-state index contributed by atoms with van der Waals surface area (Å²) in [6, 6.07) is 3.66. The maximum atomic E-state index is 11.1. The van der Waals surface area contributed by atoms with Crippen LogP contribution in [0.4, 0.5) is 0 Å². The van der Waals surface area contributed by atoms with Crippen molar-refractivity contribution in [2.45, 2.75) is 59.0 Å². The third-order valence-corrected chi connectivity index (χ3v) is 2.95. The fraction of sp³-hybridized carbons (Fsp3) is 0.600. The van der Waals surface area contributed by atoms with E-state index < -0.39 is 0 Å². The Morgan fingerprint density at radius 1 is 0.941 bits per heavy atom. The van der Waals surface area contributed by atoms with Crippen LogP contribution >= 0.6 is 0 Å². The zero-order valence-corrected chi connectivity index (χ0v) is 11.7. The molecule has 0 saturated heterocycles. The first-order valence-corrected chi connectivity index (χ1v) is 6.02. The summed E-state index contributed by atoms with van der Waals surface area (Å²) in [4.78, 5) is 0. The van der Waals surface area contributed by atoms with Gasteiger partial charge < -0.3 is 5.11 Å². The van der Waals surface area contributed by atoms with E-state index in [0.29, 0.717) is 5.75 Å². The molecule has 17 heavy (non-hydrogen) atoms. The molecule has 0 unspecified atom stereocenters. The molecule has 0 fully saturated rings. The SMILES string of the molecule is CC(C)(C)c1cc(C[O])cc(C(C)(C)C)c1O. The van der Waals surface area contributed by atoms with Crippen LogP contribution in [0.2, 0.25) is 0 Å². The Morgan fingerprint density at radius 3 is 1.53 bits per heavy atom. The van der Waals surface area contributed by atoms with Gasteiger partial charge in [0, 0.05) is 0 Å². The Labute approximate surface area is 104 Å². The van der Waals surface area contributed by atoms with E-state index in [2.05, 4.69) is 0 Å². The van der Waals surface area contributed by atoms with Crippen LogP contribution < -0.4 is 0 Å². The smallest absolute Gasteiger partial charge is 0.123 e. The summed E-state index contributed by atoms with van der Waals surface area (Å²) in [7, 11) is 0. The molecule has 0 aromatic heterocycles. The lowest BCUT2D eigenvalue weighted by molar-refractivity contribution is 0.177. The third kappa shape index (κ3) is 3.01. The van der Waals surface area contributed by atoms with Crippen molar-refractivity contribution >= 4 is 0 Å². The third-order valence-electron chi connectivity index (χ3n) is 2.95. The van der Waals surface area contributed by atoms with Gasteiger partial charge in [0.05, 0.1) is 0 Å². The van der Waals surface area contributed by atoms with Crippen LogP contribution in [0.1, 0.15) is 58.2 Å². The predicted molar refractivity (Wildman–Crippen MR) is 69.9 cm³/mol. The highest BCUT2D eigenvalue weighted by Crippen LogP contribution is 2.39. The van der Waals surface area contributed by atoms with E-state index in [-0.39, 0.29) is 17.4 Å². The summed E-state index contributed by atoms with van der Waals surface area (Å²) in [6.07, 6.45) is 0. The van der Waals surface area contributed by atoms with Crippen LogP contribution in [0.5, 0.6) is 5.75 Å². The van der Waals surface area contributed by atoms with Gasteiger partial charge in [-0.25, -0.2) is 5.11 Å². The van der Waals surface area contributed by atoms with Gasteiger partial charge in [-0.3, -0.25) is 0 Å². The lowest BCUT2D eigenvalue weighted by Gasteiger charge is -2.27. The van der Waals surface area contributed by atoms with Crippen LogP contribution in [0.3, 0.4) is 0 Å². The zero-order valence-electron chi connectivity index (χ0n) is 11.7. The van der Waals surface area contributed by atoms with E-state index >= 15 is 0 Å². The van der Waals surface area contributed by atoms with E-state index in [0.717, 1.165) is 16.7 Å².